The Morgan fingerprint density at radius 3 is 2.88 bits per heavy atom. The van der Waals surface area contributed by atoms with Gasteiger partial charge in [0.1, 0.15) is 0 Å². The first-order valence-corrected chi connectivity index (χ1v) is 5.53. The van der Waals surface area contributed by atoms with E-state index in [1.54, 1.807) is 0 Å². The summed E-state index contributed by atoms with van der Waals surface area (Å²) in [5.41, 5.74) is 6.87. The molecule has 3 N–H and O–H groups in total. The van der Waals surface area contributed by atoms with Crippen LogP contribution in [0.4, 0.5) is 0 Å². The molecule has 1 aromatic carbocycles. The smallest absolute Gasteiger partial charge is 0.153 e. The highest BCUT2D eigenvalue weighted by atomic mass is 16.4. The third-order valence-corrected chi connectivity index (χ3v) is 3.06. The van der Waals surface area contributed by atoms with Crippen molar-refractivity contribution in [2.24, 2.45) is 10.9 Å². The maximum absolute atomic E-state index is 8.51. The number of nitrogens with two attached hydrogens (primary N) is 1. The lowest BCUT2D eigenvalue weighted by Gasteiger charge is -2.14. The van der Waals surface area contributed by atoms with Crippen LogP contribution in [0.3, 0.4) is 0 Å². The van der Waals surface area contributed by atoms with Crippen molar-refractivity contribution >= 4 is 5.84 Å². The molecule has 0 amide bonds. The average molecular weight is 219 g/mol. The van der Waals surface area contributed by atoms with E-state index in [9.17, 15) is 0 Å². The summed E-state index contributed by atoms with van der Waals surface area (Å²) in [6, 6.07) is 10.5. The monoisotopic (exact) mass is 219 g/mol. The fourth-order valence-corrected chi connectivity index (χ4v) is 2.23. The Kier molecular flexibility index (Phi) is 3.41. The molecule has 1 atom stereocenters. The van der Waals surface area contributed by atoms with Gasteiger partial charge in [0.05, 0.1) is 6.54 Å². The zero-order valence-electron chi connectivity index (χ0n) is 9.21. The summed E-state index contributed by atoms with van der Waals surface area (Å²) in [5.74, 6) is 0.862. The van der Waals surface area contributed by atoms with Gasteiger partial charge >= 0.3 is 0 Å². The SMILES string of the molecule is NC(CN1CCC(c2ccccc2)C1)=NO. The first-order chi connectivity index (χ1) is 7.79. The molecule has 1 fully saturated rings. The van der Waals surface area contributed by atoms with Gasteiger partial charge < -0.3 is 10.9 Å². The summed E-state index contributed by atoms with van der Waals surface area (Å²) in [4.78, 5) is 2.22. The minimum absolute atomic E-state index is 0.286. The van der Waals surface area contributed by atoms with Gasteiger partial charge in [0.15, 0.2) is 5.84 Å². The quantitative estimate of drug-likeness (QED) is 0.348. The van der Waals surface area contributed by atoms with E-state index < -0.39 is 0 Å². The lowest BCUT2D eigenvalue weighted by Crippen LogP contribution is -2.32. The van der Waals surface area contributed by atoms with Crippen molar-refractivity contribution in [3.8, 4) is 0 Å². The van der Waals surface area contributed by atoms with E-state index in [4.69, 9.17) is 10.9 Å². The van der Waals surface area contributed by atoms with Gasteiger partial charge in [0.25, 0.3) is 0 Å². The van der Waals surface area contributed by atoms with Crippen molar-refractivity contribution in [3.63, 3.8) is 0 Å². The topological polar surface area (TPSA) is 61.8 Å². The maximum Gasteiger partial charge on any atom is 0.153 e. The van der Waals surface area contributed by atoms with Crippen molar-refractivity contribution < 1.29 is 5.21 Å². The second-order valence-electron chi connectivity index (χ2n) is 4.22. The van der Waals surface area contributed by atoms with Gasteiger partial charge in [-0.2, -0.15) is 0 Å². The van der Waals surface area contributed by atoms with Crippen LogP contribution in [-0.4, -0.2) is 35.6 Å². The molecular formula is C12H17N3O. The van der Waals surface area contributed by atoms with Crippen LogP contribution in [0.15, 0.2) is 35.5 Å². The standard InChI is InChI=1S/C12H17N3O/c13-12(14-16)9-15-7-6-11(8-15)10-4-2-1-3-5-10/h1-5,11,16H,6-9H2,(H2,13,14). The van der Waals surface area contributed by atoms with E-state index in [1.165, 1.54) is 5.56 Å². The van der Waals surface area contributed by atoms with Crippen LogP contribution in [-0.2, 0) is 0 Å². The first kappa shape index (κ1) is 11.0. The molecule has 0 spiro atoms. The third kappa shape index (κ3) is 2.52. The van der Waals surface area contributed by atoms with Crippen molar-refractivity contribution in [2.45, 2.75) is 12.3 Å². The molecule has 0 saturated carbocycles. The largest absolute Gasteiger partial charge is 0.409 e. The molecule has 1 aliphatic heterocycles. The first-order valence-electron chi connectivity index (χ1n) is 5.53. The van der Waals surface area contributed by atoms with E-state index in [1.807, 2.05) is 6.07 Å². The Balaban J connectivity index is 1.94. The molecule has 1 saturated heterocycles. The summed E-state index contributed by atoms with van der Waals surface area (Å²) in [6.45, 7) is 2.55. The zero-order chi connectivity index (χ0) is 11.4. The Morgan fingerprint density at radius 2 is 2.19 bits per heavy atom. The molecule has 0 aromatic heterocycles. The van der Waals surface area contributed by atoms with Crippen LogP contribution in [0, 0.1) is 0 Å². The molecule has 1 unspecified atom stereocenters. The van der Waals surface area contributed by atoms with E-state index in [0.717, 1.165) is 19.5 Å². The second-order valence-corrected chi connectivity index (χ2v) is 4.22. The van der Waals surface area contributed by atoms with Gasteiger partial charge in [-0.05, 0) is 24.4 Å². The highest BCUT2D eigenvalue weighted by Gasteiger charge is 2.23. The Morgan fingerprint density at radius 1 is 1.44 bits per heavy atom. The molecule has 4 heteroatoms. The molecule has 1 aliphatic rings. The second kappa shape index (κ2) is 4.99. The van der Waals surface area contributed by atoms with Gasteiger partial charge in [0, 0.05) is 6.54 Å². The Labute approximate surface area is 95.4 Å². The minimum atomic E-state index is 0.286. The lowest BCUT2D eigenvalue weighted by atomic mass is 9.99. The fraction of sp³-hybridized carbons (Fsp3) is 0.417. The maximum atomic E-state index is 8.51. The lowest BCUT2D eigenvalue weighted by molar-refractivity contribution is 0.309. The van der Waals surface area contributed by atoms with Crippen molar-refractivity contribution in [2.75, 3.05) is 19.6 Å². The summed E-state index contributed by atoms with van der Waals surface area (Å²) < 4.78 is 0. The number of oxime groups is 1. The molecule has 1 aromatic rings. The predicted molar refractivity (Wildman–Crippen MR) is 63.6 cm³/mol. The fourth-order valence-electron chi connectivity index (χ4n) is 2.23. The molecule has 4 nitrogen and oxygen atoms in total. The highest BCUT2D eigenvalue weighted by Crippen LogP contribution is 2.26. The summed E-state index contributed by atoms with van der Waals surface area (Å²) in [5, 5.41) is 11.5. The average Bonchev–Trinajstić information content (AvgIpc) is 2.78. The Hall–Kier alpha value is -1.55. The number of hydrogen-bond acceptors (Lipinski definition) is 3. The molecule has 1 heterocycles. The highest BCUT2D eigenvalue weighted by molar-refractivity contribution is 5.81. The number of nitrogens with zero attached hydrogens (tertiary/aromatic N) is 2. The van der Waals surface area contributed by atoms with E-state index in [2.05, 4.69) is 34.3 Å². The Bertz CT molecular complexity index is 364. The molecule has 86 valence electrons. The molecule has 16 heavy (non-hydrogen) atoms. The molecule has 0 bridgehead atoms. The summed E-state index contributed by atoms with van der Waals surface area (Å²) in [7, 11) is 0. The van der Waals surface area contributed by atoms with Gasteiger partial charge in [-0.1, -0.05) is 35.5 Å². The number of rotatable bonds is 3. The van der Waals surface area contributed by atoms with Crippen LogP contribution in [0.25, 0.3) is 0 Å². The van der Waals surface area contributed by atoms with E-state index in [0.29, 0.717) is 12.5 Å². The van der Waals surface area contributed by atoms with Gasteiger partial charge in [-0.25, -0.2) is 0 Å². The van der Waals surface area contributed by atoms with Crippen LogP contribution in [0.1, 0.15) is 17.9 Å². The van der Waals surface area contributed by atoms with Crippen LogP contribution >= 0.6 is 0 Å². The molecule has 2 rings (SSSR count). The molecule has 0 aliphatic carbocycles. The van der Waals surface area contributed by atoms with Crippen LogP contribution in [0.2, 0.25) is 0 Å². The van der Waals surface area contributed by atoms with Gasteiger partial charge in [-0.3, -0.25) is 4.90 Å². The van der Waals surface area contributed by atoms with Crippen LogP contribution in [0.5, 0.6) is 0 Å². The number of amidine groups is 1. The number of benzene rings is 1. The summed E-state index contributed by atoms with van der Waals surface area (Å²) in [6.07, 6.45) is 1.14. The van der Waals surface area contributed by atoms with E-state index >= 15 is 0 Å². The van der Waals surface area contributed by atoms with Gasteiger partial charge in [0.2, 0.25) is 0 Å². The van der Waals surface area contributed by atoms with Crippen molar-refractivity contribution in [3.05, 3.63) is 35.9 Å². The number of hydrogen-bond donors (Lipinski definition) is 2. The normalized spacial score (nSPS) is 22.5. The van der Waals surface area contributed by atoms with E-state index in [-0.39, 0.29) is 5.84 Å². The van der Waals surface area contributed by atoms with Crippen molar-refractivity contribution in [1.29, 1.82) is 0 Å². The van der Waals surface area contributed by atoms with Gasteiger partial charge in [-0.15, -0.1) is 0 Å². The number of likely N-dealkylation sites (tertiary alicyclic amines) is 1. The summed E-state index contributed by atoms with van der Waals surface area (Å²) >= 11 is 0. The third-order valence-electron chi connectivity index (χ3n) is 3.06. The minimum Gasteiger partial charge on any atom is -0.409 e. The van der Waals surface area contributed by atoms with Crippen molar-refractivity contribution in [1.82, 2.24) is 4.90 Å². The predicted octanol–water partition coefficient (Wildman–Crippen LogP) is 1.22. The zero-order valence-corrected chi connectivity index (χ0v) is 9.21. The molecular weight excluding hydrogens is 202 g/mol. The van der Waals surface area contributed by atoms with Crippen LogP contribution < -0.4 is 5.73 Å². The molecule has 0 radical (unpaired) electrons.